The summed E-state index contributed by atoms with van der Waals surface area (Å²) in [7, 11) is 0. The monoisotopic (exact) mass is 382 g/mol. The molecule has 7 nitrogen and oxygen atoms in total. The Morgan fingerprint density at radius 1 is 1.21 bits per heavy atom. The predicted molar refractivity (Wildman–Crippen MR) is 104 cm³/mol. The molecule has 0 bridgehead atoms. The van der Waals surface area contributed by atoms with E-state index in [4.69, 9.17) is 4.74 Å². The van der Waals surface area contributed by atoms with Gasteiger partial charge in [0.1, 0.15) is 11.8 Å². The molecule has 28 heavy (non-hydrogen) atoms. The van der Waals surface area contributed by atoms with Gasteiger partial charge in [-0.25, -0.2) is 4.98 Å². The standard InChI is InChI=1S/C21H26N4O3/c26-19(16-12-18(23-14-16)21(27)25-10-3-4-11-25)24-13-15-6-5-9-22-20(15)28-17-7-1-2-8-17/h5-6,9,12,14,17,23H,1-4,7-8,10-11,13H2,(H,24,26). The lowest BCUT2D eigenvalue weighted by atomic mass is 10.2. The SMILES string of the molecule is O=C(NCc1cccnc1OC1CCCC1)c1c[nH]c(C(=O)N2CCCC2)c1. The Morgan fingerprint density at radius 3 is 2.79 bits per heavy atom. The molecule has 2 amide bonds. The van der Waals surface area contributed by atoms with E-state index in [0.717, 1.165) is 44.3 Å². The maximum absolute atomic E-state index is 12.5. The Hall–Kier alpha value is -2.83. The number of aromatic nitrogens is 2. The van der Waals surface area contributed by atoms with Gasteiger partial charge in [0.15, 0.2) is 0 Å². The molecule has 1 aliphatic carbocycles. The Labute approximate surface area is 164 Å². The maximum Gasteiger partial charge on any atom is 0.270 e. The molecule has 1 aliphatic heterocycles. The third-order valence-corrected chi connectivity index (χ3v) is 5.44. The van der Waals surface area contributed by atoms with Crippen molar-refractivity contribution in [3.05, 3.63) is 47.4 Å². The van der Waals surface area contributed by atoms with E-state index in [0.29, 0.717) is 23.7 Å². The third-order valence-electron chi connectivity index (χ3n) is 5.44. The van der Waals surface area contributed by atoms with Gasteiger partial charge in [-0.1, -0.05) is 6.07 Å². The van der Waals surface area contributed by atoms with E-state index in [2.05, 4.69) is 15.3 Å². The summed E-state index contributed by atoms with van der Waals surface area (Å²) >= 11 is 0. The number of hydrogen-bond donors (Lipinski definition) is 2. The molecule has 4 rings (SSSR count). The van der Waals surface area contributed by atoms with Crippen LogP contribution in [0.4, 0.5) is 0 Å². The van der Waals surface area contributed by atoms with Crippen LogP contribution in [0.2, 0.25) is 0 Å². The lowest BCUT2D eigenvalue weighted by Gasteiger charge is -2.15. The molecule has 2 fully saturated rings. The second kappa shape index (κ2) is 8.46. The number of likely N-dealkylation sites (tertiary alicyclic amines) is 1. The molecular weight excluding hydrogens is 356 g/mol. The van der Waals surface area contributed by atoms with E-state index in [1.165, 1.54) is 12.8 Å². The van der Waals surface area contributed by atoms with Crippen molar-refractivity contribution in [2.24, 2.45) is 0 Å². The number of ether oxygens (including phenoxy) is 1. The van der Waals surface area contributed by atoms with Gasteiger partial charge in [0.2, 0.25) is 5.88 Å². The van der Waals surface area contributed by atoms with Crippen LogP contribution in [0.25, 0.3) is 0 Å². The number of rotatable bonds is 6. The largest absolute Gasteiger partial charge is 0.474 e. The zero-order chi connectivity index (χ0) is 19.3. The Morgan fingerprint density at radius 2 is 2.00 bits per heavy atom. The number of aromatic amines is 1. The maximum atomic E-state index is 12.5. The van der Waals surface area contributed by atoms with Crippen molar-refractivity contribution in [3.63, 3.8) is 0 Å². The predicted octanol–water partition coefficient (Wildman–Crippen LogP) is 2.90. The number of hydrogen-bond acceptors (Lipinski definition) is 4. The van der Waals surface area contributed by atoms with Gasteiger partial charge in [-0.3, -0.25) is 9.59 Å². The van der Waals surface area contributed by atoms with Gasteiger partial charge in [0, 0.05) is 37.6 Å². The molecule has 2 aliphatic rings. The van der Waals surface area contributed by atoms with Gasteiger partial charge >= 0.3 is 0 Å². The zero-order valence-electron chi connectivity index (χ0n) is 15.9. The second-order valence-corrected chi connectivity index (χ2v) is 7.48. The van der Waals surface area contributed by atoms with E-state index < -0.39 is 0 Å². The van der Waals surface area contributed by atoms with Crippen LogP contribution in [0.15, 0.2) is 30.6 Å². The van der Waals surface area contributed by atoms with Crippen LogP contribution in [-0.2, 0) is 6.54 Å². The van der Waals surface area contributed by atoms with Crippen LogP contribution in [0.3, 0.4) is 0 Å². The van der Waals surface area contributed by atoms with E-state index in [1.54, 1.807) is 18.5 Å². The summed E-state index contributed by atoms with van der Waals surface area (Å²) in [6.07, 6.45) is 10.1. The first-order valence-corrected chi connectivity index (χ1v) is 10.1. The number of nitrogens with one attached hydrogen (secondary N) is 2. The van der Waals surface area contributed by atoms with Crippen molar-refractivity contribution >= 4 is 11.8 Å². The van der Waals surface area contributed by atoms with Crippen molar-refractivity contribution in [3.8, 4) is 5.88 Å². The van der Waals surface area contributed by atoms with E-state index >= 15 is 0 Å². The number of amides is 2. The Balaban J connectivity index is 1.36. The number of carbonyl (C=O) groups excluding carboxylic acids is 2. The van der Waals surface area contributed by atoms with Crippen LogP contribution >= 0.6 is 0 Å². The van der Waals surface area contributed by atoms with Crippen molar-refractivity contribution in [2.75, 3.05) is 13.1 Å². The topological polar surface area (TPSA) is 87.3 Å². The molecule has 1 saturated heterocycles. The molecule has 1 saturated carbocycles. The highest BCUT2D eigenvalue weighted by Crippen LogP contribution is 2.25. The highest BCUT2D eigenvalue weighted by Gasteiger charge is 2.22. The molecule has 2 N–H and O–H groups in total. The molecule has 0 unspecified atom stereocenters. The summed E-state index contributed by atoms with van der Waals surface area (Å²) in [4.78, 5) is 34.0. The van der Waals surface area contributed by atoms with Gasteiger partial charge < -0.3 is 19.9 Å². The summed E-state index contributed by atoms with van der Waals surface area (Å²) in [6.45, 7) is 1.89. The fraction of sp³-hybridized carbons (Fsp3) is 0.476. The van der Waals surface area contributed by atoms with Crippen LogP contribution in [0.5, 0.6) is 5.88 Å². The molecule has 2 aromatic heterocycles. The summed E-state index contributed by atoms with van der Waals surface area (Å²) in [5.41, 5.74) is 1.76. The Kier molecular flexibility index (Phi) is 5.60. The molecule has 0 atom stereocenters. The lowest BCUT2D eigenvalue weighted by Crippen LogP contribution is -2.28. The minimum Gasteiger partial charge on any atom is -0.474 e. The average molecular weight is 382 g/mol. The van der Waals surface area contributed by atoms with E-state index in [1.807, 2.05) is 17.0 Å². The fourth-order valence-corrected chi connectivity index (χ4v) is 3.85. The van der Waals surface area contributed by atoms with Gasteiger partial charge in [-0.05, 0) is 50.7 Å². The second-order valence-electron chi connectivity index (χ2n) is 7.48. The zero-order valence-corrected chi connectivity index (χ0v) is 15.9. The number of pyridine rings is 1. The number of carbonyl (C=O) groups is 2. The third kappa shape index (κ3) is 4.18. The average Bonchev–Trinajstić information content (AvgIpc) is 3.49. The Bertz CT molecular complexity index is 836. The van der Waals surface area contributed by atoms with Gasteiger partial charge in [-0.15, -0.1) is 0 Å². The van der Waals surface area contributed by atoms with Gasteiger partial charge in [0.05, 0.1) is 5.56 Å². The van der Waals surface area contributed by atoms with Crippen LogP contribution < -0.4 is 10.1 Å². The fourth-order valence-electron chi connectivity index (χ4n) is 3.85. The molecule has 0 radical (unpaired) electrons. The van der Waals surface area contributed by atoms with Crippen LogP contribution in [-0.4, -0.2) is 45.9 Å². The summed E-state index contributed by atoms with van der Waals surface area (Å²) in [5.74, 6) is 0.317. The van der Waals surface area contributed by atoms with E-state index in [9.17, 15) is 9.59 Å². The molecule has 0 spiro atoms. The lowest BCUT2D eigenvalue weighted by molar-refractivity contribution is 0.0787. The van der Waals surface area contributed by atoms with Crippen molar-refractivity contribution in [2.45, 2.75) is 51.2 Å². The quantitative estimate of drug-likeness (QED) is 0.804. The molecule has 3 heterocycles. The summed E-state index contributed by atoms with van der Waals surface area (Å²) in [5, 5.41) is 2.90. The molecule has 7 heteroatoms. The summed E-state index contributed by atoms with van der Waals surface area (Å²) < 4.78 is 6.02. The smallest absolute Gasteiger partial charge is 0.270 e. The highest BCUT2D eigenvalue weighted by atomic mass is 16.5. The minimum atomic E-state index is -0.229. The van der Waals surface area contributed by atoms with Gasteiger partial charge in [0.25, 0.3) is 11.8 Å². The van der Waals surface area contributed by atoms with Crippen molar-refractivity contribution in [1.82, 2.24) is 20.2 Å². The molecular formula is C21H26N4O3. The normalized spacial score (nSPS) is 17.1. The number of nitrogens with zero attached hydrogens (tertiary/aromatic N) is 2. The molecule has 2 aromatic rings. The van der Waals surface area contributed by atoms with Crippen molar-refractivity contribution in [1.29, 1.82) is 0 Å². The van der Waals surface area contributed by atoms with Gasteiger partial charge in [-0.2, -0.15) is 0 Å². The molecule has 148 valence electrons. The van der Waals surface area contributed by atoms with Crippen LogP contribution in [0.1, 0.15) is 64.9 Å². The van der Waals surface area contributed by atoms with Crippen molar-refractivity contribution < 1.29 is 14.3 Å². The van der Waals surface area contributed by atoms with E-state index in [-0.39, 0.29) is 17.9 Å². The summed E-state index contributed by atoms with van der Waals surface area (Å²) in [6, 6.07) is 5.37. The number of H-pyrrole nitrogens is 1. The highest BCUT2D eigenvalue weighted by molar-refractivity contribution is 5.99. The molecule has 0 aromatic carbocycles. The first kappa shape index (κ1) is 18.5. The first-order valence-electron chi connectivity index (χ1n) is 10.1. The van der Waals surface area contributed by atoms with Crippen LogP contribution in [0, 0.1) is 0 Å². The first-order chi connectivity index (χ1) is 13.7. The minimum absolute atomic E-state index is 0.0453.